The number of nitrogens with one attached hydrogen (secondary N) is 1. The SMILES string of the molecule is CCOC(=O)C(=O)NCCCN1CCN(c2ccccc2OC)CC1. The highest BCUT2D eigenvalue weighted by Crippen LogP contribution is 2.28. The lowest BCUT2D eigenvalue weighted by Gasteiger charge is -2.36. The number of carbonyl (C=O) groups is 2. The van der Waals surface area contributed by atoms with Gasteiger partial charge in [-0.3, -0.25) is 9.69 Å². The Morgan fingerprint density at radius 3 is 2.56 bits per heavy atom. The highest BCUT2D eigenvalue weighted by Gasteiger charge is 2.19. The number of hydrogen-bond donors (Lipinski definition) is 1. The molecule has 1 amide bonds. The number of esters is 1. The third-order valence-electron chi connectivity index (χ3n) is 4.20. The lowest BCUT2D eigenvalue weighted by molar-refractivity contribution is -0.154. The van der Waals surface area contributed by atoms with Crippen LogP contribution in [0.3, 0.4) is 0 Å². The first-order valence-electron chi connectivity index (χ1n) is 8.71. The number of carbonyl (C=O) groups excluding carboxylic acids is 2. The van der Waals surface area contributed by atoms with Gasteiger partial charge >= 0.3 is 11.9 Å². The maximum absolute atomic E-state index is 11.4. The van der Waals surface area contributed by atoms with Gasteiger partial charge < -0.3 is 19.7 Å². The number of ether oxygens (including phenoxy) is 2. The molecule has 0 aromatic heterocycles. The first-order chi connectivity index (χ1) is 12.2. The first kappa shape index (κ1) is 19.1. The first-order valence-corrected chi connectivity index (χ1v) is 8.71. The van der Waals surface area contributed by atoms with E-state index in [0.29, 0.717) is 6.54 Å². The van der Waals surface area contributed by atoms with Crippen LogP contribution in [0.1, 0.15) is 13.3 Å². The van der Waals surface area contributed by atoms with E-state index in [4.69, 9.17) is 4.74 Å². The lowest BCUT2D eigenvalue weighted by atomic mass is 10.2. The Labute approximate surface area is 148 Å². The Morgan fingerprint density at radius 2 is 1.88 bits per heavy atom. The Balaban J connectivity index is 1.67. The van der Waals surface area contributed by atoms with E-state index in [0.717, 1.165) is 50.6 Å². The van der Waals surface area contributed by atoms with E-state index in [9.17, 15) is 9.59 Å². The molecule has 0 radical (unpaired) electrons. The average Bonchev–Trinajstić information content (AvgIpc) is 2.65. The van der Waals surface area contributed by atoms with Crippen molar-refractivity contribution in [3.05, 3.63) is 24.3 Å². The van der Waals surface area contributed by atoms with Gasteiger partial charge in [-0.15, -0.1) is 0 Å². The Morgan fingerprint density at radius 1 is 1.16 bits per heavy atom. The molecule has 7 nitrogen and oxygen atoms in total. The molecule has 1 aromatic carbocycles. The summed E-state index contributed by atoms with van der Waals surface area (Å²) in [5, 5.41) is 2.59. The van der Waals surface area contributed by atoms with E-state index >= 15 is 0 Å². The van der Waals surface area contributed by atoms with Gasteiger partial charge in [-0.1, -0.05) is 12.1 Å². The molecule has 2 rings (SSSR count). The van der Waals surface area contributed by atoms with Gasteiger partial charge in [0.2, 0.25) is 0 Å². The largest absolute Gasteiger partial charge is 0.495 e. The summed E-state index contributed by atoms with van der Waals surface area (Å²) in [5.74, 6) is -0.576. The van der Waals surface area contributed by atoms with Crippen molar-refractivity contribution in [2.24, 2.45) is 0 Å². The number of para-hydroxylation sites is 2. The maximum atomic E-state index is 11.4. The fourth-order valence-electron chi connectivity index (χ4n) is 2.88. The minimum Gasteiger partial charge on any atom is -0.495 e. The predicted molar refractivity (Wildman–Crippen MR) is 95.9 cm³/mol. The Bertz CT molecular complexity index is 571. The van der Waals surface area contributed by atoms with Crippen LogP contribution in [0.25, 0.3) is 0 Å². The van der Waals surface area contributed by atoms with Gasteiger partial charge in [-0.2, -0.15) is 0 Å². The molecule has 0 bridgehead atoms. The van der Waals surface area contributed by atoms with Crippen LogP contribution in [0.2, 0.25) is 0 Å². The third kappa shape index (κ3) is 5.63. The molecular weight excluding hydrogens is 322 g/mol. The van der Waals surface area contributed by atoms with E-state index in [1.807, 2.05) is 18.2 Å². The molecule has 1 fully saturated rings. The number of piperazine rings is 1. The standard InChI is InChI=1S/C18H27N3O4/c1-3-25-18(23)17(22)19-9-6-10-20-11-13-21(14-12-20)15-7-4-5-8-16(15)24-2/h4-5,7-8H,3,6,9-14H2,1-2H3,(H,19,22). The number of hydrogen-bond acceptors (Lipinski definition) is 6. The zero-order valence-corrected chi connectivity index (χ0v) is 15.0. The van der Waals surface area contributed by atoms with Crippen LogP contribution in [0, 0.1) is 0 Å². The third-order valence-corrected chi connectivity index (χ3v) is 4.20. The highest BCUT2D eigenvalue weighted by molar-refractivity contribution is 6.32. The second-order valence-electron chi connectivity index (χ2n) is 5.83. The molecular formula is C18H27N3O4. The molecule has 138 valence electrons. The number of benzene rings is 1. The number of methoxy groups -OCH3 is 1. The van der Waals surface area contributed by atoms with Crippen LogP contribution in [0.4, 0.5) is 5.69 Å². The minimum atomic E-state index is -0.812. The van der Waals surface area contributed by atoms with E-state index in [1.54, 1.807) is 14.0 Å². The van der Waals surface area contributed by atoms with E-state index in [1.165, 1.54) is 0 Å². The maximum Gasteiger partial charge on any atom is 0.396 e. The normalized spacial score (nSPS) is 14.9. The zero-order valence-electron chi connectivity index (χ0n) is 15.0. The molecule has 1 aliphatic heterocycles. The predicted octanol–water partition coefficient (Wildman–Crippen LogP) is 0.887. The summed E-state index contributed by atoms with van der Waals surface area (Å²) in [5.41, 5.74) is 1.13. The summed E-state index contributed by atoms with van der Waals surface area (Å²) < 4.78 is 10.1. The van der Waals surface area contributed by atoms with Gasteiger partial charge in [0, 0.05) is 32.7 Å². The van der Waals surface area contributed by atoms with Crippen LogP contribution in [0.5, 0.6) is 5.75 Å². The minimum absolute atomic E-state index is 0.211. The van der Waals surface area contributed by atoms with Crippen molar-refractivity contribution >= 4 is 17.6 Å². The van der Waals surface area contributed by atoms with Crippen LogP contribution in [-0.2, 0) is 14.3 Å². The summed E-state index contributed by atoms with van der Waals surface area (Å²) in [4.78, 5) is 27.3. The molecule has 1 aromatic rings. The summed E-state index contributed by atoms with van der Waals surface area (Å²) in [6.07, 6.45) is 0.805. The lowest BCUT2D eigenvalue weighted by Crippen LogP contribution is -2.47. The van der Waals surface area contributed by atoms with E-state index < -0.39 is 11.9 Å². The van der Waals surface area contributed by atoms with Crippen molar-refractivity contribution in [2.45, 2.75) is 13.3 Å². The van der Waals surface area contributed by atoms with Crippen molar-refractivity contribution in [2.75, 3.05) is 57.9 Å². The smallest absolute Gasteiger partial charge is 0.396 e. The topological polar surface area (TPSA) is 71.1 Å². The molecule has 0 saturated carbocycles. The zero-order chi connectivity index (χ0) is 18.1. The van der Waals surface area contributed by atoms with Crippen molar-refractivity contribution in [3.8, 4) is 5.75 Å². The summed E-state index contributed by atoms with van der Waals surface area (Å²) in [7, 11) is 1.69. The van der Waals surface area contributed by atoms with Gasteiger partial charge in [0.1, 0.15) is 5.75 Å². The quantitative estimate of drug-likeness (QED) is 0.448. The van der Waals surface area contributed by atoms with Crippen LogP contribution >= 0.6 is 0 Å². The van der Waals surface area contributed by atoms with Crippen molar-refractivity contribution in [3.63, 3.8) is 0 Å². The fraction of sp³-hybridized carbons (Fsp3) is 0.556. The van der Waals surface area contributed by atoms with E-state index in [2.05, 4.69) is 25.9 Å². The second-order valence-corrected chi connectivity index (χ2v) is 5.83. The molecule has 0 aliphatic carbocycles. The summed E-state index contributed by atoms with van der Waals surface area (Å²) in [6, 6.07) is 8.06. The molecule has 0 unspecified atom stereocenters. The van der Waals surface area contributed by atoms with Crippen LogP contribution in [0.15, 0.2) is 24.3 Å². The molecule has 1 saturated heterocycles. The molecule has 0 spiro atoms. The molecule has 1 N–H and O–H groups in total. The van der Waals surface area contributed by atoms with Crippen molar-refractivity contribution < 1.29 is 19.1 Å². The molecule has 1 heterocycles. The average molecular weight is 349 g/mol. The second kappa shape index (κ2) is 9.88. The van der Waals surface area contributed by atoms with Gasteiger partial charge in [-0.25, -0.2) is 4.79 Å². The van der Waals surface area contributed by atoms with Gasteiger partial charge in [-0.05, 0) is 32.0 Å². The van der Waals surface area contributed by atoms with Crippen molar-refractivity contribution in [1.82, 2.24) is 10.2 Å². The van der Waals surface area contributed by atoms with Crippen LogP contribution in [-0.4, -0.2) is 69.8 Å². The van der Waals surface area contributed by atoms with Gasteiger partial charge in [0.15, 0.2) is 0 Å². The number of anilines is 1. The number of nitrogens with zero attached hydrogens (tertiary/aromatic N) is 2. The van der Waals surface area contributed by atoms with Gasteiger partial charge in [0.25, 0.3) is 0 Å². The summed E-state index contributed by atoms with van der Waals surface area (Å²) in [6.45, 7) is 7.06. The monoisotopic (exact) mass is 349 g/mol. The molecule has 7 heteroatoms. The number of amides is 1. The Hall–Kier alpha value is -2.28. The fourth-order valence-corrected chi connectivity index (χ4v) is 2.88. The highest BCUT2D eigenvalue weighted by atomic mass is 16.5. The van der Waals surface area contributed by atoms with Crippen LogP contribution < -0.4 is 15.0 Å². The van der Waals surface area contributed by atoms with E-state index in [-0.39, 0.29) is 6.61 Å². The van der Waals surface area contributed by atoms with Gasteiger partial charge in [0.05, 0.1) is 19.4 Å². The van der Waals surface area contributed by atoms with Crippen molar-refractivity contribution in [1.29, 1.82) is 0 Å². The molecule has 25 heavy (non-hydrogen) atoms. The number of rotatable bonds is 7. The Kier molecular flexibility index (Phi) is 7.53. The summed E-state index contributed by atoms with van der Waals surface area (Å²) >= 11 is 0. The molecule has 0 atom stereocenters. The molecule has 1 aliphatic rings.